The number of aromatic nitrogens is 2. The summed E-state index contributed by atoms with van der Waals surface area (Å²) < 4.78 is 5.04. The third kappa shape index (κ3) is 7.02. The number of amides is 1. The lowest BCUT2D eigenvalue weighted by Crippen LogP contribution is -2.32. The van der Waals surface area contributed by atoms with Gasteiger partial charge in [0.15, 0.2) is 5.16 Å². The largest absolute Gasteiger partial charge is 0.466 e. The number of thioether (sulfide) groups is 1. The van der Waals surface area contributed by atoms with Crippen molar-refractivity contribution in [2.45, 2.75) is 45.3 Å². The van der Waals surface area contributed by atoms with Crippen molar-refractivity contribution in [2.75, 3.05) is 12.4 Å². The maximum Gasteiger partial charge on any atom is 0.308 e. The van der Waals surface area contributed by atoms with Gasteiger partial charge in [-0.25, -0.2) is 9.97 Å². The van der Waals surface area contributed by atoms with Crippen LogP contribution in [-0.4, -0.2) is 34.2 Å². The standard InChI is InChI=1S/C20H25N3O3S/c1-5-26-19(25)11-17(16-8-6-13(2)7-9-16)23-18(24)12-27-20-21-14(3)10-15(4)22-20/h6-10,17H,5,11-12H2,1-4H3,(H,23,24)/t17-/m1/s1. The third-order valence-electron chi connectivity index (χ3n) is 3.79. The van der Waals surface area contributed by atoms with E-state index in [9.17, 15) is 9.59 Å². The first kappa shape index (κ1) is 20.9. The predicted molar refractivity (Wildman–Crippen MR) is 106 cm³/mol. The second-order valence-corrected chi connectivity index (χ2v) is 7.20. The first-order valence-electron chi connectivity index (χ1n) is 8.84. The van der Waals surface area contributed by atoms with E-state index in [0.717, 1.165) is 22.5 Å². The summed E-state index contributed by atoms with van der Waals surface area (Å²) in [5.74, 6) is -0.347. The molecule has 0 aliphatic rings. The van der Waals surface area contributed by atoms with Crippen LogP contribution >= 0.6 is 11.8 Å². The quantitative estimate of drug-likeness (QED) is 0.425. The molecular formula is C20H25N3O3S. The molecule has 1 amide bonds. The van der Waals surface area contributed by atoms with E-state index in [1.807, 2.05) is 51.1 Å². The van der Waals surface area contributed by atoms with Crippen molar-refractivity contribution in [1.29, 1.82) is 0 Å². The van der Waals surface area contributed by atoms with Gasteiger partial charge in [-0.05, 0) is 39.3 Å². The summed E-state index contributed by atoms with van der Waals surface area (Å²) in [6, 6.07) is 9.20. The fraction of sp³-hybridized carbons (Fsp3) is 0.400. The van der Waals surface area contributed by atoms with Gasteiger partial charge in [-0.3, -0.25) is 9.59 Å². The molecule has 0 aliphatic heterocycles. The summed E-state index contributed by atoms with van der Waals surface area (Å²) in [6.45, 7) is 7.85. The fourth-order valence-electron chi connectivity index (χ4n) is 2.56. The highest BCUT2D eigenvalue weighted by Gasteiger charge is 2.19. The second-order valence-electron chi connectivity index (χ2n) is 6.26. The van der Waals surface area contributed by atoms with Crippen LogP contribution < -0.4 is 5.32 Å². The van der Waals surface area contributed by atoms with E-state index in [0.29, 0.717) is 11.8 Å². The molecule has 7 heteroatoms. The Hall–Kier alpha value is -2.41. The molecule has 2 aromatic rings. The number of ether oxygens (including phenoxy) is 1. The summed E-state index contributed by atoms with van der Waals surface area (Å²) in [7, 11) is 0. The number of carbonyl (C=O) groups is 2. The normalized spacial score (nSPS) is 11.7. The number of hydrogen-bond donors (Lipinski definition) is 1. The number of nitrogens with zero attached hydrogens (tertiary/aromatic N) is 2. The van der Waals surface area contributed by atoms with Gasteiger partial charge < -0.3 is 10.1 Å². The Bertz CT molecular complexity index is 773. The molecule has 0 radical (unpaired) electrons. The average molecular weight is 388 g/mol. The summed E-state index contributed by atoms with van der Waals surface area (Å²) in [5.41, 5.74) is 3.72. The molecule has 144 valence electrons. The Kier molecular flexibility index (Phi) is 7.79. The molecule has 0 spiro atoms. The van der Waals surface area contributed by atoms with Crippen molar-refractivity contribution in [3.05, 3.63) is 52.8 Å². The van der Waals surface area contributed by atoms with Gasteiger partial charge in [0.2, 0.25) is 5.91 Å². The number of nitrogens with one attached hydrogen (secondary N) is 1. The van der Waals surface area contributed by atoms with Crippen LogP contribution in [0.2, 0.25) is 0 Å². The first-order valence-corrected chi connectivity index (χ1v) is 9.82. The monoisotopic (exact) mass is 387 g/mol. The summed E-state index contributed by atoms with van der Waals surface area (Å²) >= 11 is 1.28. The second kappa shape index (κ2) is 10.1. The van der Waals surface area contributed by atoms with Gasteiger partial charge in [0, 0.05) is 11.4 Å². The zero-order chi connectivity index (χ0) is 19.8. The lowest BCUT2D eigenvalue weighted by atomic mass is 10.0. The minimum absolute atomic E-state index is 0.0906. The van der Waals surface area contributed by atoms with Crippen LogP contribution in [0.5, 0.6) is 0 Å². The molecule has 6 nitrogen and oxygen atoms in total. The van der Waals surface area contributed by atoms with Crippen LogP contribution in [0.15, 0.2) is 35.5 Å². The van der Waals surface area contributed by atoms with Gasteiger partial charge in [0.25, 0.3) is 0 Å². The van der Waals surface area contributed by atoms with Crippen LogP contribution in [0.4, 0.5) is 0 Å². The van der Waals surface area contributed by atoms with Gasteiger partial charge in [-0.2, -0.15) is 0 Å². The fourth-order valence-corrected chi connectivity index (χ4v) is 3.32. The van der Waals surface area contributed by atoms with E-state index in [-0.39, 0.29) is 24.1 Å². The lowest BCUT2D eigenvalue weighted by molar-refractivity contribution is -0.143. The van der Waals surface area contributed by atoms with Crippen LogP contribution in [0.3, 0.4) is 0 Å². The molecule has 0 aliphatic carbocycles. The van der Waals surface area contributed by atoms with E-state index < -0.39 is 6.04 Å². The number of aryl methyl sites for hydroxylation is 3. The zero-order valence-corrected chi connectivity index (χ0v) is 16.9. The van der Waals surface area contributed by atoms with Crippen molar-refractivity contribution in [3.63, 3.8) is 0 Å². The van der Waals surface area contributed by atoms with Crippen molar-refractivity contribution >= 4 is 23.6 Å². The topological polar surface area (TPSA) is 81.2 Å². The summed E-state index contributed by atoms with van der Waals surface area (Å²) in [5, 5.41) is 3.49. The van der Waals surface area contributed by atoms with E-state index >= 15 is 0 Å². The Morgan fingerprint density at radius 3 is 2.33 bits per heavy atom. The Morgan fingerprint density at radius 2 is 1.74 bits per heavy atom. The molecule has 0 saturated heterocycles. The Balaban J connectivity index is 2.03. The van der Waals surface area contributed by atoms with E-state index in [1.54, 1.807) is 6.92 Å². The summed E-state index contributed by atoms with van der Waals surface area (Å²) in [4.78, 5) is 33.0. The molecule has 0 bridgehead atoms. The highest BCUT2D eigenvalue weighted by molar-refractivity contribution is 7.99. The van der Waals surface area contributed by atoms with Crippen LogP contribution in [-0.2, 0) is 14.3 Å². The van der Waals surface area contributed by atoms with Crippen LogP contribution in [0.25, 0.3) is 0 Å². The van der Waals surface area contributed by atoms with Crippen molar-refractivity contribution in [3.8, 4) is 0 Å². The number of carbonyl (C=O) groups excluding carboxylic acids is 2. The molecule has 0 unspecified atom stereocenters. The number of esters is 1. The Labute approximate surface area is 164 Å². The van der Waals surface area contributed by atoms with Gasteiger partial charge in [0.05, 0.1) is 24.8 Å². The molecule has 1 atom stereocenters. The Morgan fingerprint density at radius 1 is 1.11 bits per heavy atom. The molecule has 1 N–H and O–H groups in total. The molecule has 27 heavy (non-hydrogen) atoms. The molecule has 1 aromatic carbocycles. The van der Waals surface area contributed by atoms with E-state index in [1.165, 1.54) is 11.8 Å². The minimum Gasteiger partial charge on any atom is -0.466 e. The van der Waals surface area contributed by atoms with Gasteiger partial charge in [-0.1, -0.05) is 41.6 Å². The van der Waals surface area contributed by atoms with Crippen LogP contribution in [0.1, 0.15) is 41.9 Å². The predicted octanol–water partition coefficient (Wildman–Crippen LogP) is 3.30. The van der Waals surface area contributed by atoms with E-state index in [2.05, 4.69) is 15.3 Å². The average Bonchev–Trinajstić information content (AvgIpc) is 2.59. The minimum atomic E-state index is -0.432. The number of hydrogen-bond acceptors (Lipinski definition) is 6. The number of benzene rings is 1. The molecule has 0 saturated carbocycles. The highest BCUT2D eigenvalue weighted by atomic mass is 32.2. The van der Waals surface area contributed by atoms with Gasteiger partial charge >= 0.3 is 5.97 Å². The van der Waals surface area contributed by atoms with E-state index in [4.69, 9.17) is 4.74 Å². The molecule has 2 rings (SSSR count). The zero-order valence-electron chi connectivity index (χ0n) is 16.1. The van der Waals surface area contributed by atoms with Crippen molar-refractivity contribution in [1.82, 2.24) is 15.3 Å². The maximum absolute atomic E-state index is 12.4. The van der Waals surface area contributed by atoms with Gasteiger partial charge in [-0.15, -0.1) is 0 Å². The molecular weight excluding hydrogens is 362 g/mol. The SMILES string of the molecule is CCOC(=O)C[C@@H](NC(=O)CSc1nc(C)cc(C)n1)c1ccc(C)cc1. The lowest BCUT2D eigenvalue weighted by Gasteiger charge is -2.18. The third-order valence-corrected chi connectivity index (χ3v) is 4.63. The molecule has 0 fully saturated rings. The van der Waals surface area contributed by atoms with Crippen LogP contribution in [0, 0.1) is 20.8 Å². The molecule has 1 aromatic heterocycles. The number of rotatable bonds is 8. The smallest absolute Gasteiger partial charge is 0.308 e. The molecule has 1 heterocycles. The van der Waals surface area contributed by atoms with Crippen molar-refractivity contribution in [2.24, 2.45) is 0 Å². The highest BCUT2D eigenvalue weighted by Crippen LogP contribution is 2.20. The first-order chi connectivity index (χ1) is 12.9. The maximum atomic E-state index is 12.4. The summed E-state index contributed by atoms with van der Waals surface area (Å²) in [6.07, 6.45) is 0.0906. The van der Waals surface area contributed by atoms with Gasteiger partial charge in [0.1, 0.15) is 0 Å². The van der Waals surface area contributed by atoms with Crippen molar-refractivity contribution < 1.29 is 14.3 Å².